The Kier molecular flexibility index (Phi) is 13.5. The minimum atomic E-state index is -1.42. The number of ether oxygens (including phenoxy) is 1. The summed E-state index contributed by atoms with van der Waals surface area (Å²) in [7, 11) is -1.42. The third kappa shape index (κ3) is 9.78. The molecule has 206 valence electrons. The predicted octanol–water partition coefficient (Wildman–Crippen LogP) is 9.50. The van der Waals surface area contributed by atoms with Gasteiger partial charge in [0.15, 0.2) is 0 Å². The van der Waals surface area contributed by atoms with Crippen LogP contribution in [0, 0.1) is 18.3 Å². The number of esters is 1. The molecule has 1 saturated carbocycles. The molecule has 36 heavy (non-hydrogen) atoms. The number of rotatable bonds is 6. The lowest BCUT2D eigenvalue weighted by Crippen LogP contribution is -2.46. The highest BCUT2D eigenvalue weighted by Gasteiger charge is 2.50. The molecular weight excluding hydrogens is 488 g/mol. The third-order valence-corrected chi connectivity index (χ3v) is 10.2. The molecule has 3 atom stereocenters. The van der Waals surface area contributed by atoms with Crippen molar-refractivity contribution in [2.45, 2.75) is 146 Å². The van der Waals surface area contributed by atoms with Crippen LogP contribution in [0.4, 0.5) is 0 Å². The summed E-state index contributed by atoms with van der Waals surface area (Å²) in [5.41, 5.74) is 0.00326. The van der Waals surface area contributed by atoms with E-state index in [-0.39, 0.29) is 11.9 Å². The zero-order valence-corrected chi connectivity index (χ0v) is 25.2. The molecular formula is C31H51ClO3S. The van der Waals surface area contributed by atoms with Crippen molar-refractivity contribution < 1.29 is 13.7 Å². The molecule has 0 N–H and O–H groups in total. The van der Waals surface area contributed by atoms with Gasteiger partial charge >= 0.3 is 5.97 Å². The predicted molar refractivity (Wildman–Crippen MR) is 154 cm³/mol. The number of halogens is 1. The van der Waals surface area contributed by atoms with Crippen LogP contribution < -0.4 is 0 Å². The number of carbonyl (C=O) groups is 1. The Balaban J connectivity index is 2.44. The van der Waals surface area contributed by atoms with Crippen molar-refractivity contribution in [1.29, 1.82) is 0 Å². The van der Waals surface area contributed by atoms with Crippen LogP contribution >= 0.6 is 11.6 Å². The third-order valence-electron chi connectivity index (χ3n) is 7.72. The van der Waals surface area contributed by atoms with E-state index in [4.69, 9.17) is 16.3 Å². The molecule has 0 bridgehead atoms. The first kappa shape index (κ1) is 31.3. The number of hydrogen-bond donors (Lipinski definition) is 0. The lowest BCUT2D eigenvalue weighted by atomic mass is 9.68. The van der Waals surface area contributed by atoms with Gasteiger partial charge in [0.1, 0.15) is 10.3 Å². The van der Waals surface area contributed by atoms with Gasteiger partial charge in [-0.25, -0.2) is 0 Å². The second-order valence-corrected chi connectivity index (χ2v) is 14.1. The van der Waals surface area contributed by atoms with E-state index in [1.54, 1.807) is 0 Å². The Morgan fingerprint density at radius 2 is 1.31 bits per heavy atom. The summed E-state index contributed by atoms with van der Waals surface area (Å²) >= 11 is 7.30. The van der Waals surface area contributed by atoms with Gasteiger partial charge in [-0.3, -0.25) is 9.00 Å². The van der Waals surface area contributed by atoms with Crippen LogP contribution in [-0.4, -0.2) is 20.5 Å². The zero-order valence-electron chi connectivity index (χ0n) is 23.6. The van der Waals surface area contributed by atoms with Crippen LogP contribution in [0.15, 0.2) is 29.2 Å². The molecule has 0 saturated heterocycles. The number of benzene rings is 1. The van der Waals surface area contributed by atoms with E-state index >= 15 is 0 Å². The van der Waals surface area contributed by atoms with E-state index < -0.39 is 26.5 Å². The molecule has 2 rings (SSSR count). The van der Waals surface area contributed by atoms with Crippen molar-refractivity contribution in [2.24, 2.45) is 11.3 Å². The lowest BCUT2D eigenvalue weighted by molar-refractivity contribution is -0.165. The minimum absolute atomic E-state index is 0.186. The van der Waals surface area contributed by atoms with E-state index in [1.807, 2.05) is 52.0 Å². The fourth-order valence-corrected chi connectivity index (χ4v) is 7.87. The summed E-state index contributed by atoms with van der Waals surface area (Å²) in [6.07, 6.45) is 16.9. The summed E-state index contributed by atoms with van der Waals surface area (Å²) in [5.74, 6) is -0.557. The van der Waals surface area contributed by atoms with Crippen molar-refractivity contribution in [3.05, 3.63) is 29.8 Å². The van der Waals surface area contributed by atoms with Crippen molar-refractivity contribution in [2.75, 3.05) is 0 Å². The first-order valence-electron chi connectivity index (χ1n) is 14.4. The average molecular weight is 539 g/mol. The molecule has 0 spiro atoms. The fraction of sp³-hybridized carbons (Fsp3) is 0.774. The van der Waals surface area contributed by atoms with Crippen LogP contribution in [0.1, 0.15) is 130 Å². The van der Waals surface area contributed by atoms with Gasteiger partial charge in [0.05, 0.1) is 16.7 Å². The number of carbonyl (C=O) groups excluding carboxylic acids is 1. The summed E-state index contributed by atoms with van der Waals surface area (Å²) < 4.78 is 19.2. The highest BCUT2D eigenvalue weighted by Crippen LogP contribution is 2.49. The van der Waals surface area contributed by atoms with Gasteiger partial charge < -0.3 is 4.74 Å². The van der Waals surface area contributed by atoms with E-state index in [1.165, 1.54) is 51.4 Å². The Morgan fingerprint density at radius 1 is 0.889 bits per heavy atom. The van der Waals surface area contributed by atoms with Gasteiger partial charge in [0.2, 0.25) is 0 Å². The monoisotopic (exact) mass is 538 g/mol. The lowest BCUT2D eigenvalue weighted by Gasteiger charge is -2.43. The minimum Gasteiger partial charge on any atom is -0.460 e. The molecule has 5 heteroatoms. The van der Waals surface area contributed by atoms with Gasteiger partial charge in [-0.2, -0.15) is 0 Å². The van der Waals surface area contributed by atoms with Crippen molar-refractivity contribution in [3.8, 4) is 0 Å². The SMILES string of the molecule is CC[C@H](C(=O)OC(C)(C)C)C1(C(Cl)S(=O)c2ccc(C)cc2)CCCCCCCCCCCCCC1. The maximum absolute atomic E-state index is 13.9. The molecule has 2 unspecified atom stereocenters. The van der Waals surface area contributed by atoms with Gasteiger partial charge in [-0.05, 0) is 59.1 Å². The second-order valence-electron chi connectivity index (χ2n) is 11.9. The summed E-state index contributed by atoms with van der Waals surface area (Å²) in [5, 5.41) is 0. The molecule has 0 radical (unpaired) electrons. The van der Waals surface area contributed by atoms with Crippen molar-refractivity contribution in [1.82, 2.24) is 0 Å². The highest BCUT2D eigenvalue weighted by molar-refractivity contribution is 7.87. The number of hydrogen-bond acceptors (Lipinski definition) is 3. The molecule has 3 nitrogen and oxygen atoms in total. The van der Waals surface area contributed by atoms with Gasteiger partial charge in [-0.1, -0.05) is 102 Å². The van der Waals surface area contributed by atoms with Crippen molar-refractivity contribution in [3.63, 3.8) is 0 Å². The summed E-state index contributed by atoms with van der Waals surface area (Å²) in [6.45, 7) is 9.85. The van der Waals surface area contributed by atoms with E-state index in [0.29, 0.717) is 6.42 Å². The maximum atomic E-state index is 13.9. The molecule has 1 fully saturated rings. The van der Waals surface area contributed by atoms with E-state index in [9.17, 15) is 9.00 Å². The Morgan fingerprint density at radius 3 is 1.69 bits per heavy atom. The highest BCUT2D eigenvalue weighted by atomic mass is 35.5. The standard InChI is InChI=1S/C31H51ClO3S/c1-6-27(28(33)35-30(3,4)5)31(29(32)36(34)26-21-19-25(2)20-22-26)23-17-15-13-11-9-7-8-10-12-14-16-18-24-31/h19-22,27,29H,6-18,23-24H2,1-5H3/t27-,29?,36?/m1/s1. The smallest absolute Gasteiger partial charge is 0.310 e. The Labute approximate surface area is 229 Å². The Hall–Kier alpha value is -0.870. The van der Waals surface area contributed by atoms with Crippen LogP contribution in [0.2, 0.25) is 0 Å². The van der Waals surface area contributed by atoms with Crippen LogP contribution in [0.3, 0.4) is 0 Å². The van der Waals surface area contributed by atoms with Crippen LogP contribution in [0.25, 0.3) is 0 Å². The molecule has 1 aromatic carbocycles. The molecule has 0 amide bonds. The van der Waals surface area contributed by atoms with Crippen LogP contribution in [0.5, 0.6) is 0 Å². The number of alkyl halides is 1. The topological polar surface area (TPSA) is 43.4 Å². The zero-order chi connectivity index (χ0) is 26.6. The first-order valence-corrected chi connectivity index (χ1v) is 16.1. The molecule has 0 heterocycles. The second kappa shape index (κ2) is 15.5. The van der Waals surface area contributed by atoms with E-state index in [2.05, 4.69) is 6.92 Å². The van der Waals surface area contributed by atoms with Gasteiger partial charge in [0, 0.05) is 10.3 Å². The number of aryl methyl sites for hydroxylation is 1. The normalized spacial score (nSPS) is 21.4. The molecule has 1 aliphatic rings. The Bertz CT molecular complexity index is 783. The van der Waals surface area contributed by atoms with Gasteiger partial charge in [0.25, 0.3) is 0 Å². The average Bonchev–Trinajstić information content (AvgIpc) is 2.83. The quantitative estimate of drug-likeness (QED) is 0.267. The fourth-order valence-electron chi connectivity index (χ4n) is 5.72. The molecule has 1 aromatic rings. The van der Waals surface area contributed by atoms with Gasteiger partial charge in [-0.15, -0.1) is 11.6 Å². The first-order chi connectivity index (χ1) is 17.1. The molecule has 0 aliphatic heterocycles. The van der Waals surface area contributed by atoms with E-state index in [0.717, 1.165) is 49.0 Å². The summed E-state index contributed by atoms with van der Waals surface area (Å²) in [6, 6.07) is 7.83. The molecule has 1 aliphatic carbocycles. The van der Waals surface area contributed by atoms with Crippen LogP contribution in [-0.2, 0) is 20.3 Å². The largest absolute Gasteiger partial charge is 0.460 e. The molecule has 0 aromatic heterocycles. The maximum Gasteiger partial charge on any atom is 0.310 e. The summed E-state index contributed by atoms with van der Waals surface area (Å²) in [4.78, 5) is 14.4. The van der Waals surface area contributed by atoms with Crippen molar-refractivity contribution >= 4 is 28.4 Å².